The number of nitrogens with one attached hydrogen (secondary N) is 1. The van der Waals surface area contributed by atoms with Crippen LogP contribution in [0.25, 0.3) is 12.2 Å². The third-order valence-corrected chi connectivity index (χ3v) is 1.85. The lowest BCUT2D eigenvalue weighted by atomic mass is 10.3. The minimum atomic E-state index is 1.09. The summed E-state index contributed by atoms with van der Waals surface area (Å²) in [5.41, 5.74) is 1.24. The smallest absolute Gasteiger partial charge is 0.0412 e. The van der Waals surface area contributed by atoms with Gasteiger partial charge in [0.1, 0.15) is 0 Å². The Morgan fingerprint density at radius 3 is 2.50 bits per heavy atom. The van der Waals surface area contributed by atoms with Crippen molar-refractivity contribution >= 4 is 12.2 Å². The molecule has 1 heterocycles. The molecule has 0 spiro atoms. The molecule has 1 rings (SSSR count). The van der Waals surface area contributed by atoms with Gasteiger partial charge < -0.3 is 4.98 Å². The minimum Gasteiger partial charge on any atom is -0.359 e. The second kappa shape index (κ2) is 4.15. The van der Waals surface area contributed by atoms with Crippen molar-refractivity contribution in [1.82, 2.24) is 4.98 Å². The monoisotopic (exact) mass is 163 g/mol. The van der Waals surface area contributed by atoms with E-state index in [9.17, 15) is 0 Å². The fourth-order valence-corrected chi connectivity index (χ4v) is 1.39. The molecular formula is C11H17N. The van der Waals surface area contributed by atoms with Crippen LogP contribution in [0.2, 0.25) is 0 Å². The molecule has 0 saturated carbocycles. The van der Waals surface area contributed by atoms with Crippen LogP contribution in [0, 0.1) is 6.92 Å². The quantitative estimate of drug-likeness (QED) is 0.683. The first-order valence-electron chi connectivity index (χ1n) is 4.64. The molecule has 0 fully saturated rings. The largest absolute Gasteiger partial charge is 0.359 e. The van der Waals surface area contributed by atoms with Crippen LogP contribution in [-0.4, -0.2) is 4.98 Å². The Morgan fingerprint density at radius 2 is 1.92 bits per heavy atom. The summed E-state index contributed by atoms with van der Waals surface area (Å²) < 4.78 is 0. The van der Waals surface area contributed by atoms with Crippen LogP contribution < -0.4 is 10.6 Å². The second-order valence-electron chi connectivity index (χ2n) is 3.05. The second-order valence-corrected chi connectivity index (χ2v) is 3.05. The number of aromatic amines is 1. The Kier molecular flexibility index (Phi) is 3.15. The van der Waals surface area contributed by atoms with Gasteiger partial charge in [-0.25, -0.2) is 0 Å². The Balaban J connectivity index is 3.27. The van der Waals surface area contributed by atoms with Crippen LogP contribution in [0.4, 0.5) is 0 Å². The van der Waals surface area contributed by atoms with Gasteiger partial charge in [0.05, 0.1) is 0 Å². The maximum Gasteiger partial charge on any atom is 0.0412 e. The molecule has 0 aliphatic carbocycles. The third kappa shape index (κ3) is 2.00. The Hall–Kier alpha value is -0.980. The van der Waals surface area contributed by atoms with Crippen LogP contribution in [0.3, 0.4) is 0 Å². The van der Waals surface area contributed by atoms with E-state index < -0.39 is 0 Å². The van der Waals surface area contributed by atoms with Gasteiger partial charge in [-0.2, -0.15) is 0 Å². The molecule has 1 N–H and O–H groups in total. The first-order valence-corrected chi connectivity index (χ1v) is 4.64. The molecule has 0 amide bonds. The summed E-state index contributed by atoms with van der Waals surface area (Å²) in [4.78, 5) is 3.34. The fraction of sp³-hybridized carbons (Fsp3) is 0.455. The molecule has 12 heavy (non-hydrogen) atoms. The molecule has 0 unspecified atom stereocenters. The Labute approximate surface area is 73.8 Å². The molecule has 0 radical (unpaired) electrons. The van der Waals surface area contributed by atoms with E-state index in [1.165, 1.54) is 16.3 Å². The number of rotatable bonds is 2. The normalized spacial score (nSPS) is 14.2. The predicted octanol–water partition coefficient (Wildman–Crippen LogP) is 1.70. The highest BCUT2D eigenvalue weighted by Gasteiger charge is 1.88. The highest BCUT2D eigenvalue weighted by atomic mass is 14.7. The minimum absolute atomic E-state index is 1.09. The Bertz CT molecular complexity index is 310. The standard InChI is InChI=1S/C11H17N/c1-4-6-10-8-9(3)12-11(10)7-5-2/h6-8,12H,4-5H2,1-3H3/b10-6-,11-7+. The molecule has 0 aromatic carbocycles. The van der Waals surface area contributed by atoms with Crippen LogP contribution >= 0.6 is 0 Å². The predicted molar refractivity (Wildman–Crippen MR) is 54.3 cm³/mol. The molecule has 1 aromatic rings. The number of aryl methyl sites for hydroxylation is 1. The van der Waals surface area contributed by atoms with Gasteiger partial charge in [0.2, 0.25) is 0 Å². The van der Waals surface area contributed by atoms with E-state index in [1.807, 2.05) is 0 Å². The van der Waals surface area contributed by atoms with Crippen molar-refractivity contribution in [3.63, 3.8) is 0 Å². The Morgan fingerprint density at radius 1 is 1.25 bits per heavy atom. The van der Waals surface area contributed by atoms with E-state index >= 15 is 0 Å². The van der Waals surface area contributed by atoms with Crippen molar-refractivity contribution in [3.05, 3.63) is 22.3 Å². The highest BCUT2D eigenvalue weighted by Crippen LogP contribution is 1.82. The van der Waals surface area contributed by atoms with Crippen molar-refractivity contribution in [2.24, 2.45) is 0 Å². The summed E-state index contributed by atoms with van der Waals surface area (Å²) in [6.45, 7) is 6.42. The van der Waals surface area contributed by atoms with Gasteiger partial charge in [-0.1, -0.05) is 26.0 Å². The summed E-state index contributed by atoms with van der Waals surface area (Å²) in [7, 11) is 0. The van der Waals surface area contributed by atoms with E-state index in [0.717, 1.165) is 12.8 Å². The average molecular weight is 163 g/mol. The van der Waals surface area contributed by atoms with E-state index in [1.54, 1.807) is 0 Å². The fourth-order valence-electron chi connectivity index (χ4n) is 1.39. The zero-order valence-corrected chi connectivity index (χ0v) is 8.15. The topological polar surface area (TPSA) is 15.8 Å². The molecule has 1 nitrogen and oxygen atoms in total. The molecule has 0 aliphatic heterocycles. The van der Waals surface area contributed by atoms with Crippen molar-refractivity contribution in [2.75, 3.05) is 0 Å². The lowest BCUT2D eigenvalue weighted by Crippen LogP contribution is -2.21. The van der Waals surface area contributed by atoms with E-state index in [2.05, 4.69) is 44.0 Å². The average Bonchev–Trinajstić information content (AvgIpc) is 2.33. The van der Waals surface area contributed by atoms with Gasteiger partial charge >= 0.3 is 0 Å². The summed E-state index contributed by atoms with van der Waals surface area (Å²) in [5, 5.41) is 2.62. The molecule has 0 bridgehead atoms. The van der Waals surface area contributed by atoms with Crippen LogP contribution in [0.1, 0.15) is 32.4 Å². The first kappa shape index (κ1) is 9.11. The highest BCUT2D eigenvalue weighted by molar-refractivity contribution is 5.30. The van der Waals surface area contributed by atoms with Crippen LogP contribution in [0.5, 0.6) is 0 Å². The zero-order valence-electron chi connectivity index (χ0n) is 8.15. The van der Waals surface area contributed by atoms with E-state index in [-0.39, 0.29) is 0 Å². The van der Waals surface area contributed by atoms with Gasteiger partial charge in [0, 0.05) is 11.0 Å². The number of hydrogen-bond acceptors (Lipinski definition) is 0. The molecule has 0 saturated heterocycles. The third-order valence-electron chi connectivity index (χ3n) is 1.85. The van der Waals surface area contributed by atoms with Gasteiger partial charge in [0.25, 0.3) is 0 Å². The summed E-state index contributed by atoms with van der Waals surface area (Å²) in [6, 6.07) is 2.20. The summed E-state index contributed by atoms with van der Waals surface area (Å²) in [6.07, 6.45) is 6.67. The maximum absolute atomic E-state index is 3.34. The SMILES string of the molecule is CC/C=c1/cc(C)[nH]/c1=C/CC. The van der Waals surface area contributed by atoms with Crippen LogP contribution in [-0.2, 0) is 0 Å². The number of hydrogen-bond donors (Lipinski definition) is 1. The van der Waals surface area contributed by atoms with Gasteiger partial charge in [-0.15, -0.1) is 0 Å². The first-order chi connectivity index (χ1) is 5.77. The molecule has 0 atom stereocenters. The zero-order chi connectivity index (χ0) is 8.97. The molecular weight excluding hydrogens is 146 g/mol. The van der Waals surface area contributed by atoms with Crippen molar-refractivity contribution in [3.8, 4) is 0 Å². The van der Waals surface area contributed by atoms with Crippen molar-refractivity contribution in [2.45, 2.75) is 33.6 Å². The van der Waals surface area contributed by atoms with Gasteiger partial charge in [0.15, 0.2) is 0 Å². The van der Waals surface area contributed by atoms with Gasteiger partial charge in [-0.05, 0) is 31.1 Å². The van der Waals surface area contributed by atoms with Crippen LogP contribution in [0.15, 0.2) is 6.07 Å². The van der Waals surface area contributed by atoms with Crippen molar-refractivity contribution in [1.29, 1.82) is 0 Å². The van der Waals surface area contributed by atoms with Gasteiger partial charge in [-0.3, -0.25) is 0 Å². The number of H-pyrrole nitrogens is 1. The summed E-state index contributed by atoms with van der Waals surface area (Å²) >= 11 is 0. The molecule has 0 aliphatic rings. The molecule has 1 aromatic heterocycles. The maximum atomic E-state index is 3.34. The van der Waals surface area contributed by atoms with E-state index in [4.69, 9.17) is 0 Å². The lowest BCUT2D eigenvalue weighted by Gasteiger charge is -1.80. The molecule has 66 valence electrons. The lowest BCUT2D eigenvalue weighted by molar-refractivity contribution is 1.18. The summed E-state index contributed by atoms with van der Waals surface area (Å²) in [5.74, 6) is 0. The van der Waals surface area contributed by atoms with Crippen molar-refractivity contribution < 1.29 is 0 Å². The molecule has 1 heteroatoms. The van der Waals surface area contributed by atoms with E-state index in [0.29, 0.717) is 0 Å². The number of aromatic nitrogens is 1.